The molecule has 0 bridgehead atoms. The van der Waals surface area contributed by atoms with Crippen molar-refractivity contribution >= 4 is 15.9 Å². The number of alkyl halides is 1. The molecular formula is C13H25Br. The molecule has 0 saturated heterocycles. The minimum absolute atomic E-state index is 0.736. The summed E-state index contributed by atoms with van der Waals surface area (Å²) in [5.41, 5.74) is 0. The van der Waals surface area contributed by atoms with Crippen molar-refractivity contribution < 1.29 is 0 Å². The molecule has 1 aliphatic carbocycles. The van der Waals surface area contributed by atoms with E-state index in [1.807, 2.05) is 0 Å². The summed E-state index contributed by atoms with van der Waals surface area (Å²) >= 11 is 3.78. The Hall–Kier alpha value is 0.480. The maximum Gasteiger partial charge on any atom is 0.0168 e. The van der Waals surface area contributed by atoms with E-state index in [9.17, 15) is 0 Å². The van der Waals surface area contributed by atoms with E-state index in [1.54, 1.807) is 0 Å². The molecule has 1 saturated carbocycles. The van der Waals surface area contributed by atoms with Crippen molar-refractivity contribution in [2.24, 2.45) is 17.8 Å². The highest BCUT2D eigenvalue weighted by Crippen LogP contribution is 2.33. The van der Waals surface area contributed by atoms with Crippen molar-refractivity contribution in [3.05, 3.63) is 0 Å². The van der Waals surface area contributed by atoms with Gasteiger partial charge in [0.15, 0.2) is 0 Å². The first kappa shape index (κ1) is 12.5. The van der Waals surface area contributed by atoms with E-state index in [4.69, 9.17) is 0 Å². The highest BCUT2D eigenvalue weighted by atomic mass is 79.9. The number of hydrogen-bond acceptors (Lipinski definition) is 0. The molecule has 0 nitrogen and oxygen atoms in total. The van der Waals surface area contributed by atoms with Crippen LogP contribution in [0.2, 0.25) is 0 Å². The Labute approximate surface area is 98.0 Å². The molecule has 0 N–H and O–H groups in total. The minimum Gasteiger partial charge on any atom is -0.0888 e. The van der Waals surface area contributed by atoms with Crippen LogP contribution in [0.4, 0.5) is 0 Å². The predicted octanol–water partition coefficient (Wildman–Crippen LogP) is 5.01. The Morgan fingerprint density at radius 3 is 2.57 bits per heavy atom. The van der Waals surface area contributed by atoms with Crippen LogP contribution >= 0.6 is 15.9 Å². The van der Waals surface area contributed by atoms with Gasteiger partial charge in [0.05, 0.1) is 0 Å². The van der Waals surface area contributed by atoms with Gasteiger partial charge in [-0.05, 0) is 37.0 Å². The molecule has 1 aliphatic rings. The molecular weight excluding hydrogens is 236 g/mol. The van der Waals surface area contributed by atoms with Crippen LogP contribution in [-0.4, -0.2) is 4.83 Å². The molecule has 1 fully saturated rings. The van der Waals surface area contributed by atoms with Gasteiger partial charge < -0.3 is 0 Å². The Balaban J connectivity index is 2.17. The average molecular weight is 261 g/mol. The molecule has 1 heteroatoms. The van der Waals surface area contributed by atoms with Crippen LogP contribution in [0.25, 0.3) is 0 Å². The maximum atomic E-state index is 3.78. The minimum atomic E-state index is 0.736. The van der Waals surface area contributed by atoms with E-state index < -0.39 is 0 Å². The van der Waals surface area contributed by atoms with Gasteiger partial charge in [-0.15, -0.1) is 0 Å². The predicted molar refractivity (Wildman–Crippen MR) is 67.9 cm³/mol. The van der Waals surface area contributed by atoms with E-state index in [0.29, 0.717) is 0 Å². The van der Waals surface area contributed by atoms with Crippen molar-refractivity contribution in [1.82, 2.24) is 0 Å². The van der Waals surface area contributed by atoms with E-state index in [1.165, 1.54) is 38.5 Å². The van der Waals surface area contributed by atoms with Crippen LogP contribution < -0.4 is 0 Å². The lowest BCUT2D eigenvalue weighted by Crippen LogP contribution is -2.16. The van der Waals surface area contributed by atoms with Gasteiger partial charge in [-0.3, -0.25) is 0 Å². The molecule has 0 amide bonds. The first-order valence-electron chi connectivity index (χ1n) is 6.23. The molecule has 0 aromatic rings. The average Bonchev–Trinajstić information content (AvgIpc) is 2.14. The summed E-state index contributed by atoms with van der Waals surface area (Å²) in [7, 11) is 0. The third-order valence-corrected chi connectivity index (χ3v) is 5.13. The first-order chi connectivity index (χ1) is 6.59. The summed E-state index contributed by atoms with van der Waals surface area (Å²) in [6, 6.07) is 0. The second-order valence-electron chi connectivity index (χ2n) is 5.48. The summed E-state index contributed by atoms with van der Waals surface area (Å²) in [5, 5.41) is 0. The van der Waals surface area contributed by atoms with Crippen molar-refractivity contribution in [3.8, 4) is 0 Å². The van der Waals surface area contributed by atoms with Gasteiger partial charge in [0.25, 0.3) is 0 Å². The summed E-state index contributed by atoms with van der Waals surface area (Å²) < 4.78 is 0. The lowest BCUT2D eigenvalue weighted by atomic mass is 9.80. The zero-order valence-electron chi connectivity index (χ0n) is 9.93. The maximum absolute atomic E-state index is 3.78. The van der Waals surface area contributed by atoms with E-state index in [-0.39, 0.29) is 0 Å². The SMILES string of the molecule is CC1CCCC(CCC(Br)C(C)C)C1. The molecule has 0 aliphatic heterocycles. The van der Waals surface area contributed by atoms with Crippen LogP contribution in [0.3, 0.4) is 0 Å². The Kier molecular flexibility index (Phi) is 5.51. The zero-order chi connectivity index (χ0) is 10.6. The van der Waals surface area contributed by atoms with Gasteiger partial charge in [-0.1, -0.05) is 56.0 Å². The Morgan fingerprint density at radius 1 is 1.29 bits per heavy atom. The summed E-state index contributed by atoms with van der Waals surface area (Å²) in [4.78, 5) is 0.736. The fraction of sp³-hybridized carbons (Fsp3) is 1.00. The van der Waals surface area contributed by atoms with Gasteiger partial charge in [0.1, 0.15) is 0 Å². The van der Waals surface area contributed by atoms with Gasteiger partial charge in [-0.25, -0.2) is 0 Å². The van der Waals surface area contributed by atoms with Crippen molar-refractivity contribution in [3.63, 3.8) is 0 Å². The largest absolute Gasteiger partial charge is 0.0888 e. The molecule has 3 atom stereocenters. The molecule has 0 heterocycles. The van der Waals surface area contributed by atoms with Gasteiger partial charge in [0.2, 0.25) is 0 Å². The molecule has 3 unspecified atom stereocenters. The third kappa shape index (κ3) is 4.33. The molecule has 0 spiro atoms. The summed E-state index contributed by atoms with van der Waals surface area (Å²) in [6.07, 6.45) is 8.73. The van der Waals surface area contributed by atoms with Crippen LogP contribution in [0.5, 0.6) is 0 Å². The van der Waals surface area contributed by atoms with Gasteiger partial charge in [0, 0.05) is 4.83 Å². The smallest absolute Gasteiger partial charge is 0.0168 e. The molecule has 14 heavy (non-hydrogen) atoms. The van der Waals surface area contributed by atoms with E-state index in [0.717, 1.165) is 22.6 Å². The Bertz CT molecular complexity index is 153. The molecule has 0 aromatic carbocycles. The quantitative estimate of drug-likeness (QED) is 0.624. The van der Waals surface area contributed by atoms with Gasteiger partial charge >= 0.3 is 0 Å². The highest BCUT2D eigenvalue weighted by Gasteiger charge is 2.20. The molecule has 84 valence electrons. The monoisotopic (exact) mass is 260 g/mol. The standard InChI is InChI=1S/C13H25Br/c1-10(2)13(14)8-7-12-6-4-5-11(3)9-12/h10-13H,4-9H2,1-3H3. The number of rotatable bonds is 4. The molecule has 0 aromatic heterocycles. The number of hydrogen-bond donors (Lipinski definition) is 0. The molecule has 1 rings (SSSR count). The van der Waals surface area contributed by atoms with Gasteiger partial charge in [-0.2, -0.15) is 0 Å². The fourth-order valence-corrected chi connectivity index (χ4v) is 2.81. The van der Waals surface area contributed by atoms with Crippen LogP contribution in [0.15, 0.2) is 0 Å². The highest BCUT2D eigenvalue weighted by molar-refractivity contribution is 9.09. The van der Waals surface area contributed by atoms with E-state index in [2.05, 4.69) is 36.7 Å². The second kappa shape index (κ2) is 6.15. The van der Waals surface area contributed by atoms with Crippen LogP contribution in [0, 0.1) is 17.8 Å². The zero-order valence-corrected chi connectivity index (χ0v) is 11.5. The lowest BCUT2D eigenvalue weighted by Gasteiger charge is -2.27. The second-order valence-corrected chi connectivity index (χ2v) is 6.65. The fourth-order valence-electron chi connectivity index (χ4n) is 2.55. The first-order valence-corrected chi connectivity index (χ1v) is 7.15. The summed E-state index contributed by atoms with van der Waals surface area (Å²) in [5.74, 6) is 2.80. The van der Waals surface area contributed by atoms with Crippen LogP contribution in [-0.2, 0) is 0 Å². The van der Waals surface area contributed by atoms with Crippen molar-refractivity contribution in [2.45, 2.75) is 64.1 Å². The Morgan fingerprint density at radius 2 is 2.00 bits per heavy atom. The normalized spacial score (nSPS) is 30.6. The van der Waals surface area contributed by atoms with Crippen molar-refractivity contribution in [2.75, 3.05) is 0 Å². The van der Waals surface area contributed by atoms with E-state index >= 15 is 0 Å². The molecule has 0 radical (unpaired) electrons. The lowest BCUT2D eigenvalue weighted by molar-refractivity contribution is 0.263. The number of halogens is 1. The summed E-state index contributed by atoms with van der Waals surface area (Å²) in [6.45, 7) is 7.03. The van der Waals surface area contributed by atoms with Crippen molar-refractivity contribution in [1.29, 1.82) is 0 Å². The van der Waals surface area contributed by atoms with Crippen LogP contribution in [0.1, 0.15) is 59.3 Å². The third-order valence-electron chi connectivity index (χ3n) is 3.62. The topological polar surface area (TPSA) is 0 Å².